The largest absolute Gasteiger partial charge is 0.481 e. The van der Waals surface area contributed by atoms with E-state index in [2.05, 4.69) is 20.9 Å². The smallest absolute Gasteiger partial charge is 0.328 e. The normalized spacial score (nSPS) is 11.5. The molecule has 37 heavy (non-hydrogen) atoms. The van der Waals surface area contributed by atoms with Gasteiger partial charge in [-0.25, -0.2) is 4.79 Å². The highest BCUT2D eigenvalue weighted by atomic mass is 16.6. The SMILES string of the molecule is CNCCOCCOC(=O)[C@H](CCC(=O)O)NC(=O)c1ccc(CCc2c[nH]c(NC)c2C(N)=O)cc1. The van der Waals surface area contributed by atoms with Gasteiger partial charge in [0, 0.05) is 31.8 Å². The molecule has 2 amide bonds. The Bertz CT molecular complexity index is 1050. The predicted molar refractivity (Wildman–Crippen MR) is 137 cm³/mol. The summed E-state index contributed by atoms with van der Waals surface area (Å²) >= 11 is 0. The molecule has 12 nitrogen and oxygen atoms in total. The van der Waals surface area contributed by atoms with Gasteiger partial charge in [-0.05, 0) is 49.6 Å². The van der Waals surface area contributed by atoms with Crippen LogP contribution >= 0.6 is 0 Å². The van der Waals surface area contributed by atoms with Crippen molar-refractivity contribution in [2.24, 2.45) is 5.73 Å². The first-order valence-corrected chi connectivity index (χ1v) is 11.9. The molecule has 1 aromatic heterocycles. The number of esters is 1. The van der Waals surface area contributed by atoms with E-state index in [1.165, 1.54) is 0 Å². The topological polar surface area (TPSA) is 185 Å². The summed E-state index contributed by atoms with van der Waals surface area (Å²) in [6.07, 6.45) is 2.49. The van der Waals surface area contributed by atoms with E-state index in [0.29, 0.717) is 42.9 Å². The summed E-state index contributed by atoms with van der Waals surface area (Å²) in [5.41, 5.74) is 7.93. The van der Waals surface area contributed by atoms with Crippen LogP contribution in [0.25, 0.3) is 0 Å². The third kappa shape index (κ3) is 9.58. The molecule has 0 saturated carbocycles. The highest BCUT2D eigenvalue weighted by Gasteiger charge is 2.24. The monoisotopic (exact) mass is 517 g/mol. The van der Waals surface area contributed by atoms with Crippen LogP contribution in [0.5, 0.6) is 0 Å². The fourth-order valence-corrected chi connectivity index (χ4v) is 3.58. The van der Waals surface area contributed by atoms with Crippen LogP contribution in [0.4, 0.5) is 5.82 Å². The molecule has 0 aliphatic rings. The first kappa shape index (κ1) is 29.3. The van der Waals surface area contributed by atoms with Gasteiger partial charge < -0.3 is 41.2 Å². The minimum atomic E-state index is -1.11. The number of primary amides is 1. The number of rotatable bonds is 17. The maximum atomic E-state index is 12.7. The standard InChI is InChI=1S/C25H35N5O7/c1-27-11-12-36-13-14-37-25(35)19(9-10-20(31)32)30-24(34)17-6-3-16(4-7-17)5-8-18-15-29-23(28-2)21(18)22(26)33/h3-4,6-7,15,19,27-29H,5,8-14H2,1-2H3,(H2,26,33)(H,30,34)(H,31,32)/t19-/m0/s1. The number of amides is 2. The number of nitrogens with two attached hydrogens (primary N) is 1. The van der Waals surface area contributed by atoms with Crippen LogP contribution in [-0.2, 0) is 31.9 Å². The lowest BCUT2D eigenvalue weighted by Gasteiger charge is -2.17. The Balaban J connectivity index is 1.95. The molecule has 0 aliphatic heterocycles. The third-order valence-electron chi connectivity index (χ3n) is 5.56. The number of likely N-dealkylation sites (N-methyl/N-ethyl adjacent to an activating group) is 1. The molecule has 0 saturated heterocycles. The highest BCUT2D eigenvalue weighted by molar-refractivity contribution is 5.99. The number of H-pyrrole nitrogens is 1. The van der Waals surface area contributed by atoms with Gasteiger partial charge in [0.25, 0.3) is 11.8 Å². The number of carboxylic acid groups (broad SMARTS) is 1. The van der Waals surface area contributed by atoms with Gasteiger partial charge in [-0.1, -0.05) is 12.1 Å². The molecule has 7 N–H and O–H groups in total. The number of nitrogens with one attached hydrogen (secondary N) is 4. The van der Waals surface area contributed by atoms with Crippen LogP contribution in [0.3, 0.4) is 0 Å². The number of anilines is 1. The van der Waals surface area contributed by atoms with Crippen molar-refractivity contribution in [3.63, 3.8) is 0 Å². The van der Waals surface area contributed by atoms with E-state index in [1.807, 2.05) is 0 Å². The average Bonchev–Trinajstić information content (AvgIpc) is 3.30. The number of aryl methyl sites for hydroxylation is 2. The summed E-state index contributed by atoms with van der Waals surface area (Å²) in [7, 11) is 3.48. The summed E-state index contributed by atoms with van der Waals surface area (Å²) in [4.78, 5) is 50.9. The van der Waals surface area contributed by atoms with Crippen LogP contribution in [0, 0.1) is 0 Å². The third-order valence-corrected chi connectivity index (χ3v) is 5.56. The van der Waals surface area contributed by atoms with E-state index < -0.39 is 29.8 Å². The number of aliphatic carboxylic acids is 1. The van der Waals surface area contributed by atoms with E-state index >= 15 is 0 Å². The Morgan fingerprint density at radius 1 is 1.05 bits per heavy atom. The second-order valence-electron chi connectivity index (χ2n) is 8.22. The first-order valence-electron chi connectivity index (χ1n) is 11.9. The minimum absolute atomic E-state index is 0.00882. The van der Waals surface area contributed by atoms with Crippen molar-refractivity contribution in [2.45, 2.75) is 31.7 Å². The zero-order valence-electron chi connectivity index (χ0n) is 21.1. The molecule has 0 aliphatic carbocycles. The Labute approximate surface area is 215 Å². The molecule has 1 atom stereocenters. The number of aromatic amines is 1. The van der Waals surface area contributed by atoms with Crippen molar-refractivity contribution in [3.05, 3.63) is 52.7 Å². The maximum absolute atomic E-state index is 12.7. The Morgan fingerprint density at radius 2 is 1.78 bits per heavy atom. The molecule has 2 rings (SSSR count). The molecule has 2 aromatic rings. The Morgan fingerprint density at radius 3 is 2.41 bits per heavy atom. The van der Waals surface area contributed by atoms with Crippen molar-refractivity contribution >= 4 is 29.6 Å². The van der Waals surface area contributed by atoms with Crippen LogP contribution in [0.15, 0.2) is 30.5 Å². The zero-order valence-corrected chi connectivity index (χ0v) is 21.1. The van der Waals surface area contributed by atoms with Crippen LogP contribution in [0.2, 0.25) is 0 Å². The van der Waals surface area contributed by atoms with E-state index in [4.69, 9.17) is 20.3 Å². The van der Waals surface area contributed by atoms with Crippen LogP contribution < -0.4 is 21.7 Å². The molecule has 1 aromatic carbocycles. The maximum Gasteiger partial charge on any atom is 0.328 e. The predicted octanol–water partition coefficient (Wildman–Crippen LogP) is 0.683. The Kier molecular flexibility index (Phi) is 12.1. The van der Waals surface area contributed by atoms with Gasteiger partial charge in [-0.3, -0.25) is 14.4 Å². The molecular formula is C25H35N5O7. The molecule has 202 valence electrons. The lowest BCUT2D eigenvalue weighted by molar-refractivity contribution is -0.148. The molecular weight excluding hydrogens is 482 g/mol. The molecule has 0 fully saturated rings. The van der Waals surface area contributed by atoms with Crippen molar-refractivity contribution in [1.29, 1.82) is 0 Å². The quantitative estimate of drug-likeness (QED) is 0.130. The number of carbonyl (C=O) groups excluding carboxylic acids is 3. The first-order chi connectivity index (χ1) is 17.8. The van der Waals surface area contributed by atoms with Gasteiger partial charge >= 0.3 is 11.9 Å². The van der Waals surface area contributed by atoms with E-state index in [0.717, 1.165) is 11.1 Å². The second-order valence-corrected chi connectivity index (χ2v) is 8.22. The van der Waals surface area contributed by atoms with Crippen molar-refractivity contribution in [2.75, 3.05) is 45.8 Å². The molecule has 0 bridgehead atoms. The number of carboxylic acids is 1. The Hall–Kier alpha value is -3.90. The van der Waals surface area contributed by atoms with E-state index in [9.17, 15) is 19.2 Å². The van der Waals surface area contributed by atoms with Gasteiger partial charge in [-0.2, -0.15) is 0 Å². The van der Waals surface area contributed by atoms with Crippen molar-refractivity contribution in [3.8, 4) is 0 Å². The van der Waals surface area contributed by atoms with Crippen molar-refractivity contribution in [1.82, 2.24) is 15.6 Å². The lowest BCUT2D eigenvalue weighted by atomic mass is 10.0. The summed E-state index contributed by atoms with van der Waals surface area (Å²) in [5, 5.41) is 17.4. The van der Waals surface area contributed by atoms with Crippen LogP contribution in [0.1, 0.15) is 44.7 Å². The molecule has 12 heteroatoms. The number of ether oxygens (including phenoxy) is 2. The lowest BCUT2D eigenvalue weighted by Crippen LogP contribution is -2.42. The zero-order chi connectivity index (χ0) is 27.2. The van der Waals surface area contributed by atoms with Gasteiger partial charge in [0.05, 0.1) is 18.8 Å². The van der Waals surface area contributed by atoms with Gasteiger partial charge in [0.15, 0.2) is 0 Å². The summed E-state index contributed by atoms with van der Waals surface area (Å²) in [6, 6.07) is 5.67. The van der Waals surface area contributed by atoms with Gasteiger partial charge in [0.2, 0.25) is 0 Å². The number of aromatic nitrogens is 1. The fraction of sp³-hybridized carbons (Fsp3) is 0.440. The van der Waals surface area contributed by atoms with E-state index in [-0.39, 0.29) is 26.1 Å². The molecule has 1 heterocycles. The second kappa shape index (κ2) is 15.3. The summed E-state index contributed by atoms with van der Waals surface area (Å²) in [5.74, 6) is -2.29. The number of hydrogen-bond acceptors (Lipinski definition) is 8. The average molecular weight is 518 g/mol. The summed E-state index contributed by atoms with van der Waals surface area (Å²) in [6.45, 7) is 1.29. The van der Waals surface area contributed by atoms with Gasteiger partial charge in [-0.15, -0.1) is 0 Å². The van der Waals surface area contributed by atoms with Gasteiger partial charge in [0.1, 0.15) is 18.5 Å². The number of hydrogen-bond donors (Lipinski definition) is 6. The van der Waals surface area contributed by atoms with E-state index in [1.54, 1.807) is 44.6 Å². The minimum Gasteiger partial charge on any atom is -0.481 e. The van der Waals surface area contributed by atoms with Crippen molar-refractivity contribution < 1.29 is 33.8 Å². The fourth-order valence-electron chi connectivity index (χ4n) is 3.58. The summed E-state index contributed by atoms with van der Waals surface area (Å²) < 4.78 is 10.4. The number of carbonyl (C=O) groups is 4. The molecule has 0 unspecified atom stereocenters. The molecule has 0 radical (unpaired) electrons. The van der Waals surface area contributed by atoms with Crippen LogP contribution in [-0.4, -0.2) is 80.3 Å². The number of benzene rings is 1. The highest BCUT2D eigenvalue weighted by Crippen LogP contribution is 2.20. The molecule has 0 spiro atoms.